The van der Waals surface area contributed by atoms with Crippen molar-refractivity contribution >= 4 is 23.7 Å². The lowest BCUT2D eigenvalue weighted by Gasteiger charge is -2.15. The minimum absolute atomic E-state index is 0.0117. The summed E-state index contributed by atoms with van der Waals surface area (Å²) in [6, 6.07) is 3.55. The summed E-state index contributed by atoms with van der Waals surface area (Å²) < 4.78 is 4.69. The van der Waals surface area contributed by atoms with E-state index in [1.165, 1.54) is 6.08 Å². The molecule has 0 saturated heterocycles. The highest BCUT2D eigenvalue weighted by Crippen LogP contribution is 2.21. The van der Waals surface area contributed by atoms with Crippen LogP contribution in [-0.4, -0.2) is 23.8 Å². The minimum atomic E-state index is -1.19. The fraction of sp³-hybridized carbons (Fsp3) is 0.231. The number of carbonyl (C=O) groups excluding carboxylic acids is 1. The summed E-state index contributed by atoms with van der Waals surface area (Å²) in [5.74, 6) is -1.18. The van der Waals surface area contributed by atoms with Gasteiger partial charge in [0.05, 0.1) is 0 Å². The van der Waals surface area contributed by atoms with Crippen LogP contribution in [0.3, 0.4) is 0 Å². The summed E-state index contributed by atoms with van der Waals surface area (Å²) in [7, 11) is 0. The lowest BCUT2D eigenvalue weighted by Crippen LogP contribution is -2.34. The van der Waals surface area contributed by atoms with E-state index in [0.717, 1.165) is 5.56 Å². The van der Waals surface area contributed by atoms with Crippen LogP contribution in [0.5, 0.6) is 0 Å². The highest BCUT2D eigenvalue weighted by atomic mass is 35.5. The number of carbonyl (C=O) groups is 2. The summed E-state index contributed by atoms with van der Waals surface area (Å²) in [6.45, 7) is 5.15. The molecule has 0 aliphatic rings. The Morgan fingerprint density at radius 1 is 1.58 bits per heavy atom. The van der Waals surface area contributed by atoms with Gasteiger partial charge >= 0.3 is 12.1 Å². The number of nitrogens with one attached hydrogen (secondary N) is 1. The van der Waals surface area contributed by atoms with E-state index in [9.17, 15) is 9.59 Å². The smallest absolute Gasteiger partial charge is 0.408 e. The summed E-state index contributed by atoms with van der Waals surface area (Å²) in [5, 5.41) is 11.9. The van der Waals surface area contributed by atoms with Gasteiger partial charge in [0, 0.05) is 5.02 Å². The SMILES string of the molecule is C=CCOC(=O)NC(C(=O)O)c1ccc(Cl)c(C)c1. The Hall–Kier alpha value is -2.01. The van der Waals surface area contributed by atoms with Crippen LogP contribution in [0.1, 0.15) is 17.2 Å². The second-order valence-corrected chi connectivity index (χ2v) is 4.22. The number of amides is 1. The van der Waals surface area contributed by atoms with E-state index in [1.807, 2.05) is 0 Å². The van der Waals surface area contributed by atoms with Crippen molar-refractivity contribution < 1.29 is 19.4 Å². The Morgan fingerprint density at radius 3 is 2.79 bits per heavy atom. The molecule has 5 nitrogen and oxygen atoms in total. The Balaban J connectivity index is 2.88. The molecule has 0 saturated carbocycles. The van der Waals surface area contributed by atoms with Crippen LogP contribution in [0.25, 0.3) is 0 Å². The molecule has 1 amide bonds. The third kappa shape index (κ3) is 4.30. The number of carboxylic acids is 1. The van der Waals surface area contributed by atoms with Crippen LogP contribution in [0.2, 0.25) is 5.02 Å². The number of hydrogen-bond donors (Lipinski definition) is 2. The molecular formula is C13H14ClNO4. The summed E-state index contributed by atoms with van der Waals surface area (Å²) in [5.41, 5.74) is 1.15. The van der Waals surface area contributed by atoms with Crippen molar-refractivity contribution in [2.45, 2.75) is 13.0 Å². The van der Waals surface area contributed by atoms with Gasteiger partial charge in [-0.05, 0) is 24.1 Å². The van der Waals surface area contributed by atoms with Gasteiger partial charge in [-0.1, -0.05) is 36.4 Å². The van der Waals surface area contributed by atoms with Crippen LogP contribution in [0.15, 0.2) is 30.9 Å². The third-order valence-electron chi connectivity index (χ3n) is 2.36. The number of carboxylic acid groups (broad SMARTS) is 1. The van der Waals surface area contributed by atoms with Crippen molar-refractivity contribution in [1.29, 1.82) is 0 Å². The number of hydrogen-bond acceptors (Lipinski definition) is 3. The molecule has 1 rings (SSSR count). The molecule has 0 heterocycles. The van der Waals surface area contributed by atoms with Gasteiger partial charge in [0.25, 0.3) is 0 Å². The Bertz CT molecular complexity index is 501. The van der Waals surface area contributed by atoms with Gasteiger partial charge in [-0.2, -0.15) is 0 Å². The zero-order valence-corrected chi connectivity index (χ0v) is 11.1. The molecule has 0 radical (unpaired) electrons. The van der Waals surface area contributed by atoms with Crippen LogP contribution in [0, 0.1) is 6.92 Å². The van der Waals surface area contributed by atoms with Crippen molar-refractivity contribution in [3.8, 4) is 0 Å². The van der Waals surface area contributed by atoms with Crippen molar-refractivity contribution in [2.24, 2.45) is 0 Å². The van der Waals surface area contributed by atoms with Crippen molar-refractivity contribution in [3.63, 3.8) is 0 Å². The van der Waals surface area contributed by atoms with Crippen LogP contribution in [-0.2, 0) is 9.53 Å². The van der Waals surface area contributed by atoms with E-state index in [1.54, 1.807) is 25.1 Å². The zero-order chi connectivity index (χ0) is 14.4. The molecule has 19 heavy (non-hydrogen) atoms. The molecule has 6 heteroatoms. The molecule has 0 spiro atoms. The van der Waals surface area contributed by atoms with Gasteiger partial charge in [0.1, 0.15) is 6.61 Å². The molecule has 0 aliphatic carbocycles. The summed E-state index contributed by atoms with van der Waals surface area (Å²) >= 11 is 5.87. The summed E-state index contributed by atoms with van der Waals surface area (Å²) in [4.78, 5) is 22.6. The molecular weight excluding hydrogens is 270 g/mol. The van der Waals surface area contributed by atoms with E-state index in [2.05, 4.69) is 16.6 Å². The number of rotatable bonds is 5. The molecule has 1 aromatic rings. The Kier molecular flexibility index (Phi) is 5.38. The number of aliphatic carboxylic acids is 1. The number of halogens is 1. The molecule has 1 atom stereocenters. The summed E-state index contributed by atoms with van der Waals surface area (Å²) in [6.07, 6.45) is 0.571. The molecule has 1 aromatic carbocycles. The molecule has 102 valence electrons. The fourth-order valence-corrected chi connectivity index (χ4v) is 1.55. The average Bonchev–Trinajstić information content (AvgIpc) is 2.36. The van der Waals surface area contributed by atoms with Crippen LogP contribution >= 0.6 is 11.6 Å². The second-order valence-electron chi connectivity index (χ2n) is 3.81. The van der Waals surface area contributed by atoms with E-state index >= 15 is 0 Å². The van der Waals surface area contributed by atoms with E-state index in [0.29, 0.717) is 10.6 Å². The van der Waals surface area contributed by atoms with Crippen LogP contribution < -0.4 is 5.32 Å². The van der Waals surface area contributed by atoms with Gasteiger partial charge < -0.3 is 15.2 Å². The largest absolute Gasteiger partial charge is 0.479 e. The first-order valence-corrected chi connectivity index (χ1v) is 5.86. The predicted molar refractivity (Wildman–Crippen MR) is 71.2 cm³/mol. The van der Waals surface area contributed by atoms with Crippen molar-refractivity contribution in [2.75, 3.05) is 6.61 Å². The maximum Gasteiger partial charge on any atom is 0.408 e. The number of benzene rings is 1. The normalized spacial score (nSPS) is 11.5. The number of aryl methyl sites for hydroxylation is 1. The first-order chi connectivity index (χ1) is 8.95. The maximum absolute atomic E-state index is 11.4. The second kappa shape index (κ2) is 6.80. The molecule has 2 N–H and O–H groups in total. The Labute approximate surface area is 115 Å². The molecule has 0 fully saturated rings. The van der Waals surface area contributed by atoms with E-state index in [4.69, 9.17) is 16.7 Å². The van der Waals surface area contributed by atoms with Crippen molar-refractivity contribution in [1.82, 2.24) is 5.32 Å². The standard InChI is InChI=1S/C13H14ClNO4/c1-3-6-19-13(18)15-11(12(16)17)9-4-5-10(14)8(2)7-9/h3-5,7,11H,1,6H2,2H3,(H,15,18)(H,16,17). The predicted octanol–water partition coefficient (Wildman–Crippen LogP) is 2.69. The monoisotopic (exact) mass is 283 g/mol. The number of ether oxygens (including phenoxy) is 1. The first kappa shape index (κ1) is 15.0. The topological polar surface area (TPSA) is 75.6 Å². The quantitative estimate of drug-likeness (QED) is 0.815. The van der Waals surface area contributed by atoms with E-state index in [-0.39, 0.29) is 6.61 Å². The maximum atomic E-state index is 11.4. The lowest BCUT2D eigenvalue weighted by atomic mass is 10.0. The molecule has 0 bridgehead atoms. The third-order valence-corrected chi connectivity index (χ3v) is 2.78. The average molecular weight is 284 g/mol. The molecule has 0 aliphatic heterocycles. The fourth-order valence-electron chi connectivity index (χ4n) is 1.43. The van der Waals surface area contributed by atoms with Gasteiger partial charge in [0.2, 0.25) is 0 Å². The van der Waals surface area contributed by atoms with E-state index < -0.39 is 18.1 Å². The highest BCUT2D eigenvalue weighted by Gasteiger charge is 2.23. The van der Waals surface area contributed by atoms with Gasteiger partial charge in [-0.25, -0.2) is 9.59 Å². The van der Waals surface area contributed by atoms with Gasteiger partial charge in [-0.3, -0.25) is 0 Å². The molecule has 0 aromatic heterocycles. The zero-order valence-electron chi connectivity index (χ0n) is 10.4. The first-order valence-electron chi connectivity index (χ1n) is 5.48. The molecule has 1 unspecified atom stereocenters. The Morgan fingerprint density at radius 2 is 2.26 bits per heavy atom. The minimum Gasteiger partial charge on any atom is -0.479 e. The van der Waals surface area contributed by atoms with Gasteiger partial charge in [-0.15, -0.1) is 0 Å². The van der Waals surface area contributed by atoms with Crippen molar-refractivity contribution in [3.05, 3.63) is 47.0 Å². The van der Waals surface area contributed by atoms with Crippen LogP contribution in [0.4, 0.5) is 4.79 Å². The highest BCUT2D eigenvalue weighted by molar-refractivity contribution is 6.31. The number of alkyl carbamates (subject to hydrolysis) is 1. The lowest BCUT2D eigenvalue weighted by molar-refractivity contribution is -0.139. The van der Waals surface area contributed by atoms with Gasteiger partial charge in [0.15, 0.2) is 6.04 Å².